The van der Waals surface area contributed by atoms with Gasteiger partial charge in [-0.1, -0.05) is 27.7 Å². The van der Waals surface area contributed by atoms with Crippen LogP contribution in [-0.4, -0.2) is 24.0 Å². The summed E-state index contributed by atoms with van der Waals surface area (Å²) in [5.74, 6) is 1.90. The number of nitrogens with zero attached hydrogens (tertiary/aromatic N) is 2. The molecule has 20 heavy (non-hydrogen) atoms. The summed E-state index contributed by atoms with van der Waals surface area (Å²) in [4.78, 5) is 2.66. The lowest BCUT2D eigenvalue weighted by atomic mass is 9.68. The van der Waals surface area contributed by atoms with Crippen LogP contribution < -0.4 is 0 Å². The van der Waals surface area contributed by atoms with Crippen LogP contribution >= 0.6 is 0 Å². The maximum Gasteiger partial charge on any atom is 0.0672 e. The SMILES string of the molecule is CC1CCCN(C2CC(C(C)(C)C)CCC2C#N)CC1. The van der Waals surface area contributed by atoms with Crippen molar-refractivity contribution in [2.45, 2.75) is 72.3 Å². The highest BCUT2D eigenvalue weighted by atomic mass is 15.2. The zero-order valence-corrected chi connectivity index (χ0v) is 13.9. The van der Waals surface area contributed by atoms with Gasteiger partial charge in [-0.25, -0.2) is 0 Å². The molecule has 2 nitrogen and oxygen atoms in total. The third-order valence-corrected chi connectivity index (χ3v) is 5.73. The van der Waals surface area contributed by atoms with Gasteiger partial charge in [0.25, 0.3) is 0 Å². The Hall–Kier alpha value is -0.550. The predicted molar refractivity (Wildman–Crippen MR) is 84.3 cm³/mol. The minimum atomic E-state index is 0.266. The van der Waals surface area contributed by atoms with E-state index in [0.717, 1.165) is 18.3 Å². The molecular weight excluding hydrogens is 244 g/mol. The van der Waals surface area contributed by atoms with E-state index in [1.54, 1.807) is 0 Å². The number of nitriles is 1. The van der Waals surface area contributed by atoms with Gasteiger partial charge in [0, 0.05) is 6.04 Å². The van der Waals surface area contributed by atoms with Crippen LogP contribution in [0, 0.1) is 34.5 Å². The van der Waals surface area contributed by atoms with Crippen LogP contribution in [0.3, 0.4) is 0 Å². The van der Waals surface area contributed by atoms with Gasteiger partial charge in [-0.2, -0.15) is 5.26 Å². The third-order valence-electron chi connectivity index (χ3n) is 5.73. The minimum Gasteiger partial charge on any atom is -0.299 e. The smallest absolute Gasteiger partial charge is 0.0672 e. The predicted octanol–water partition coefficient (Wildman–Crippen LogP) is 4.46. The van der Waals surface area contributed by atoms with E-state index >= 15 is 0 Å². The Balaban J connectivity index is 2.07. The molecule has 2 rings (SSSR count). The molecule has 1 saturated heterocycles. The molecule has 2 heteroatoms. The lowest BCUT2D eigenvalue weighted by Crippen LogP contribution is -2.46. The minimum absolute atomic E-state index is 0.266. The van der Waals surface area contributed by atoms with Crippen LogP contribution in [-0.2, 0) is 0 Å². The van der Waals surface area contributed by atoms with Crippen LogP contribution in [0.15, 0.2) is 0 Å². The van der Waals surface area contributed by atoms with Crippen LogP contribution in [0.25, 0.3) is 0 Å². The van der Waals surface area contributed by atoms with Crippen molar-refractivity contribution >= 4 is 0 Å². The summed E-state index contributed by atoms with van der Waals surface area (Å²) >= 11 is 0. The first-order valence-corrected chi connectivity index (χ1v) is 8.55. The van der Waals surface area contributed by atoms with Crippen molar-refractivity contribution in [1.82, 2.24) is 4.90 Å². The first-order valence-electron chi connectivity index (χ1n) is 8.55. The lowest BCUT2D eigenvalue weighted by molar-refractivity contribution is 0.0617. The molecule has 4 atom stereocenters. The largest absolute Gasteiger partial charge is 0.299 e. The quantitative estimate of drug-likeness (QED) is 0.707. The monoisotopic (exact) mass is 276 g/mol. The van der Waals surface area contributed by atoms with E-state index in [-0.39, 0.29) is 5.92 Å². The number of hydrogen-bond acceptors (Lipinski definition) is 2. The highest BCUT2D eigenvalue weighted by Crippen LogP contribution is 2.42. The second-order valence-corrected chi connectivity index (χ2v) is 8.25. The summed E-state index contributed by atoms with van der Waals surface area (Å²) in [7, 11) is 0. The summed E-state index contributed by atoms with van der Waals surface area (Å²) < 4.78 is 0. The van der Waals surface area contributed by atoms with Crippen molar-refractivity contribution in [2.75, 3.05) is 13.1 Å². The van der Waals surface area contributed by atoms with E-state index in [9.17, 15) is 5.26 Å². The zero-order chi connectivity index (χ0) is 14.8. The van der Waals surface area contributed by atoms with Crippen molar-refractivity contribution in [3.8, 4) is 6.07 Å². The second kappa shape index (κ2) is 6.48. The van der Waals surface area contributed by atoms with Crippen LogP contribution in [0.2, 0.25) is 0 Å². The molecule has 1 heterocycles. The van der Waals surface area contributed by atoms with Gasteiger partial charge >= 0.3 is 0 Å². The topological polar surface area (TPSA) is 27.0 Å². The van der Waals surface area contributed by atoms with Gasteiger partial charge in [0.05, 0.1) is 12.0 Å². The molecular formula is C18H32N2. The Morgan fingerprint density at radius 1 is 1.05 bits per heavy atom. The van der Waals surface area contributed by atoms with Crippen molar-refractivity contribution < 1.29 is 0 Å². The Morgan fingerprint density at radius 3 is 2.45 bits per heavy atom. The van der Waals surface area contributed by atoms with Gasteiger partial charge in [0.1, 0.15) is 0 Å². The van der Waals surface area contributed by atoms with Gasteiger partial charge in [0.2, 0.25) is 0 Å². The van der Waals surface area contributed by atoms with Crippen LogP contribution in [0.4, 0.5) is 0 Å². The molecule has 4 unspecified atom stereocenters. The van der Waals surface area contributed by atoms with Crippen LogP contribution in [0.5, 0.6) is 0 Å². The van der Waals surface area contributed by atoms with Gasteiger partial charge in [-0.15, -0.1) is 0 Å². The highest BCUT2D eigenvalue weighted by Gasteiger charge is 2.38. The summed E-state index contributed by atoms with van der Waals surface area (Å²) in [5, 5.41) is 9.53. The van der Waals surface area contributed by atoms with Gasteiger partial charge in [-0.05, 0) is 68.9 Å². The van der Waals surface area contributed by atoms with Crippen LogP contribution in [0.1, 0.15) is 66.2 Å². The molecule has 114 valence electrons. The van der Waals surface area contributed by atoms with Crippen molar-refractivity contribution in [1.29, 1.82) is 5.26 Å². The number of likely N-dealkylation sites (tertiary alicyclic amines) is 1. The summed E-state index contributed by atoms with van der Waals surface area (Å²) in [6.07, 6.45) is 7.57. The molecule has 2 aliphatic rings. The Kier molecular flexibility index (Phi) is 5.13. The van der Waals surface area contributed by atoms with Gasteiger partial charge in [0.15, 0.2) is 0 Å². The molecule has 0 bridgehead atoms. The maximum atomic E-state index is 9.53. The van der Waals surface area contributed by atoms with Crippen molar-refractivity contribution in [2.24, 2.45) is 23.2 Å². The molecule has 0 aromatic rings. The average Bonchev–Trinajstić information content (AvgIpc) is 2.61. The molecule has 0 aromatic carbocycles. The fourth-order valence-corrected chi connectivity index (χ4v) is 4.10. The fourth-order valence-electron chi connectivity index (χ4n) is 4.10. The molecule has 1 aliphatic heterocycles. The van der Waals surface area contributed by atoms with E-state index in [1.165, 1.54) is 45.2 Å². The summed E-state index contributed by atoms with van der Waals surface area (Å²) in [6.45, 7) is 11.9. The molecule has 0 radical (unpaired) electrons. The Bertz CT molecular complexity index is 349. The number of rotatable bonds is 1. The standard InChI is InChI=1S/C18H32N2/c1-14-6-5-10-20(11-9-14)17-12-16(18(2,3)4)8-7-15(17)13-19/h14-17H,5-12H2,1-4H3. The second-order valence-electron chi connectivity index (χ2n) is 8.25. The van der Waals surface area contributed by atoms with Crippen molar-refractivity contribution in [3.63, 3.8) is 0 Å². The Labute approximate surface area is 125 Å². The van der Waals surface area contributed by atoms with E-state index in [2.05, 4.69) is 38.7 Å². The summed E-state index contributed by atoms with van der Waals surface area (Å²) in [5.41, 5.74) is 0.387. The van der Waals surface area contributed by atoms with E-state index in [4.69, 9.17) is 0 Å². The third kappa shape index (κ3) is 3.76. The first kappa shape index (κ1) is 15.8. The normalized spacial score (nSPS) is 37.1. The molecule has 1 saturated carbocycles. The highest BCUT2D eigenvalue weighted by molar-refractivity contribution is 4.99. The fraction of sp³-hybridized carbons (Fsp3) is 0.944. The van der Waals surface area contributed by atoms with Crippen molar-refractivity contribution in [3.05, 3.63) is 0 Å². The Morgan fingerprint density at radius 2 is 1.80 bits per heavy atom. The molecule has 1 aliphatic carbocycles. The molecule has 0 N–H and O–H groups in total. The molecule has 2 fully saturated rings. The zero-order valence-electron chi connectivity index (χ0n) is 13.9. The number of hydrogen-bond donors (Lipinski definition) is 0. The molecule has 0 aromatic heterocycles. The van der Waals surface area contributed by atoms with Gasteiger partial charge < -0.3 is 0 Å². The lowest BCUT2D eigenvalue weighted by Gasteiger charge is -2.44. The van der Waals surface area contributed by atoms with E-state index in [1.807, 2.05) is 0 Å². The maximum absolute atomic E-state index is 9.53. The van der Waals surface area contributed by atoms with Gasteiger partial charge in [-0.3, -0.25) is 4.90 Å². The first-order chi connectivity index (χ1) is 9.41. The molecule has 0 amide bonds. The van der Waals surface area contributed by atoms with E-state index < -0.39 is 0 Å². The summed E-state index contributed by atoms with van der Waals surface area (Å²) in [6, 6.07) is 3.13. The average molecular weight is 276 g/mol. The van der Waals surface area contributed by atoms with E-state index in [0.29, 0.717) is 11.5 Å². The molecule has 0 spiro atoms.